The minimum absolute atomic E-state index is 0.0921. The van der Waals surface area contributed by atoms with Gasteiger partial charge >= 0.3 is 5.97 Å². The Balaban J connectivity index is 1.80. The molecule has 5 atom stereocenters. The number of nitrogen functional groups attached to an aromatic ring is 1. The number of rotatable bonds is 9. The molecule has 1 saturated carbocycles. The van der Waals surface area contributed by atoms with Gasteiger partial charge in [-0.1, -0.05) is 25.4 Å². The quantitative estimate of drug-likeness (QED) is 0.298. The molecule has 1 aromatic carbocycles. The SMILES string of the molecule is CC(C)[C@H](NC(=O)c1ccc(N)c(Cl)c1)C(=O)N1[C@@H]2CC[C@@H](C2)[C@H]1C(=O)N[C@H](C=O)CC(=O)O. The first kappa shape index (κ1) is 25.5. The summed E-state index contributed by atoms with van der Waals surface area (Å²) in [6.45, 7) is 3.58. The molecule has 1 heterocycles. The minimum atomic E-state index is -1.22. The summed E-state index contributed by atoms with van der Waals surface area (Å²) >= 11 is 6.02. The van der Waals surface area contributed by atoms with Crippen LogP contribution in [0.2, 0.25) is 5.02 Å². The Morgan fingerprint density at radius 2 is 1.94 bits per heavy atom. The van der Waals surface area contributed by atoms with Gasteiger partial charge in [-0.3, -0.25) is 19.2 Å². The Morgan fingerprint density at radius 1 is 1.24 bits per heavy atom. The number of halogens is 1. The molecule has 0 unspecified atom stereocenters. The summed E-state index contributed by atoms with van der Waals surface area (Å²) in [5.41, 5.74) is 6.28. The van der Waals surface area contributed by atoms with Gasteiger partial charge in [0.25, 0.3) is 5.91 Å². The Labute approximate surface area is 202 Å². The third-order valence-corrected chi connectivity index (χ3v) is 6.80. The average molecular weight is 493 g/mol. The largest absolute Gasteiger partial charge is 0.481 e. The van der Waals surface area contributed by atoms with Crippen molar-refractivity contribution in [2.45, 2.75) is 63.7 Å². The first-order chi connectivity index (χ1) is 16.0. The Hall–Kier alpha value is -3.14. The van der Waals surface area contributed by atoms with Gasteiger partial charge in [-0.05, 0) is 49.3 Å². The van der Waals surface area contributed by atoms with E-state index in [9.17, 15) is 24.0 Å². The standard InChI is InChI=1S/C23H29ClN4O6/c1-11(2)19(27-21(32)13-4-6-17(25)16(24)8-13)23(34)28-15-5-3-12(7-15)20(28)22(33)26-14(10-29)9-18(30)31/h4,6,8,10-12,14-15,19-20H,3,5,7,9,25H2,1-2H3,(H,26,33)(H,27,32)(H,30,31)/t12-,14-,15+,19-,20-/m0/s1. The van der Waals surface area contributed by atoms with Crippen LogP contribution in [0, 0.1) is 11.8 Å². The molecular weight excluding hydrogens is 464 g/mol. The predicted molar refractivity (Wildman–Crippen MR) is 124 cm³/mol. The number of carboxylic acid groups (broad SMARTS) is 1. The van der Waals surface area contributed by atoms with Gasteiger partial charge in [-0.15, -0.1) is 0 Å². The molecule has 1 aromatic rings. The number of carboxylic acids is 1. The van der Waals surface area contributed by atoms with Crippen LogP contribution < -0.4 is 16.4 Å². The van der Waals surface area contributed by atoms with Crippen molar-refractivity contribution >= 4 is 47.3 Å². The number of aldehydes is 1. The summed E-state index contributed by atoms with van der Waals surface area (Å²) in [6.07, 6.45) is 1.96. The van der Waals surface area contributed by atoms with Crippen molar-refractivity contribution in [3.63, 3.8) is 0 Å². The molecule has 3 rings (SSSR count). The van der Waals surface area contributed by atoms with Crippen LogP contribution >= 0.6 is 11.6 Å². The highest BCUT2D eigenvalue weighted by Crippen LogP contribution is 2.43. The van der Waals surface area contributed by atoms with E-state index in [0.717, 1.165) is 12.8 Å². The highest BCUT2D eigenvalue weighted by molar-refractivity contribution is 6.33. The number of piperidine rings is 1. The maximum atomic E-state index is 13.6. The van der Waals surface area contributed by atoms with Gasteiger partial charge in [0.15, 0.2) is 0 Å². The van der Waals surface area contributed by atoms with Crippen LogP contribution in [0.15, 0.2) is 18.2 Å². The lowest BCUT2D eigenvalue weighted by molar-refractivity contribution is -0.146. The zero-order chi connectivity index (χ0) is 25.2. The molecule has 1 aliphatic heterocycles. The van der Waals surface area contributed by atoms with E-state index >= 15 is 0 Å². The zero-order valence-electron chi connectivity index (χ0n) is 19.0. The number of carbonyl (C=O) groups is 5. The van der Waals surface area contributed by atoms with Crippen molar-refractivity contribution in [3.8, 4) is 0 Å². The molecule has 10 nitrogen and oxygen atoms in total. The van der Waals surface area contributed by atoms with Crippen molar-refractivity contribution in [1.29, 1.82) is 0 Å². The van der Waals surface area contributed by atoms with E-state index in [2.05, 4.69) is 10.6 Å². The summed E-state index contributed by atoms with van der Waals surface area (Å²) < 4.78 is 0. The van der Waals surface area contributed by atoms with Gasteiger partial charge in [0.2, 0.25) is 11.8 Å². The number of nitrogens with zero attached hydrogens (tertiary/aromatic N) is 1. The van der Waals surface area contributed by atoms with E-state index in [1.807, 2.05) is 0 Å². The highest BCUT2D eigenvalue weighted by atomic mass is 35.5. The first-order valence-corrected chi connectivity index (χ1v) is 11.6. The summed E-state index contributed by atoms with van der Waals surface area (Å²) in [6, 6.07) is 1.36. The fourth-order valence-corrected chi connectivity index (χ4v) is 4.98. The molecule has 0 radical (unpaired) electrons. The number of hydrogen-bond acceptors (Lipinski definition) is 6. The van der Waals surface area contributed by atoms with Gasteiger partial charge < -0.3 is 31.2 Å². The molecule has 0 aromatic heterocycles. The third kappa shape index (κ3) is 5.32. The maximum absolute atomic E-state index is 13.6. The number of benzene rings is 1. The molecule has 3 amide bonds. The maximum Gasteiger partial charge on any atom is 0.305 e. The van der Waals surface area contributed by atoms with Crippen molar-refractivity contribution in [3.05, 3.63) is 28.8 Å². The van der Waals surface area contributed by atoms with Gasteiger partial charge in [-0.2, -0.15) is 0 Å². The molecule has 2 aliphatic rings. The van der Waals surface area contributed by atoms with Crippen molar-refractivity contribution in [2.75, 3.05) is 5.73 Å². The number of anilines is 1. The van der Waals surface area contributed by atoms with Gasteiger partial charge in [0, 0.05) is 11.6 Å². The van der Waals surface area contributed by atoms with Crippen LogP contribution in [0.1, 0.15) is 49.9 Å². The number of aliphatic carboxylic acids is 1. The van der Waals surface area contributed by atoms with E-state index in [1.54, 1.807) is 13.8 Å². The van der Waals surface area contributed by atoms with Gasteiger partial charge in [-0.25, -0.2) is 0 Å². The molecule has 0 spiro atoms. The van der Waals surface area contributed by atoms with Crippen molar-refractivity contribution in [2.24, 2.45) is 11.8 Å². The normalized spacial score (nSPS) is 22.8. The molecule has 2 bridgehead atoms. The molecule has 5 N–H and O–H groups in total. The Bertz CT molecular complexity index is 1000. The van der Waals surface area contributed by atoms with Crippen LogP contribution in [-0.2, 0) is 19.2 Å². The average Bonchev–Trinajstić information content (AvgIpc) is 3.39. The van der Waals surface area contributed by atoms with Crippen LogP contribution in [0.25, 0.3) is 0 Å². The topological polar surface area (TPSA) is 159 Å². The van der Waals surface area contributed by atoms with E-state index in [0.29, 0.717) is 18.4 Å². The molecule has 34 heavy (non-hydrogen) atoms. The minimum Gasteiger partial charge on any atom is -0.481 e. The molecule has 11 heteroatoms. The van der Waals surface area contributed by atoms with E-state index in [4.69, 9.17) is 22.4 Å². The summed E-state index contributed by atoms with van der Waals surface area (Å²) in [5.74, 6) is -3.04. The first-order valence-electron chi connectivity index (χ1n) is 11.2. The number of hydrogen-bond donors (Lipinski definition) is 4. The fraction of sp³-hybridized carbons (Fsp3) is 0.522. The lowest BCUT2D eigenvalue weighted by Gasteiger charge is -2.38. The second-order valence-corrected chi connectivity index (χ2v) is 9.60. The number of fused-ring (bicyclic) bond motifs is 2. The van der Waals surface area contributed by atoms with Crippen LogP contribution in [0.4, 0.5) is 5.69 Å². The van der Waals surface area contributed by atoms with Crippen LogP contribution in [-0.4, -0.2) is 64.2 Å². The second kappa shape index (κ2) is 10.4. The summed E-state index contributed by atoms with van der Waals surface area (Å²) in [4.78, 5) is 63.2. The predicted octanol–water partition coefficient (Wildman–Crippen LogP) is 1.21. The lowest BCUT2D eigenvalue weighted by Crippen LogP contribution is -2.60. The second-order valence-electron chi connectivity index (χ2n) is 9.20. The number of likely N-dealkylation sites (tertiary alicyclic amines) is 1. The number of amides is 3. The van der Waals surface area contributed by atoms with E-state index in [-0.39, 0.29) is 28.5 Å². The van der Waals surface area contributed by atoms with Crippen LogP contribution in [0.3, 0.4) is 0 Å². The molecule has 2 fully saturated rings. The third-order valence-electron chi connectivity index (χ3n) is 6.48. The van der Waals surface area contributed by atoms with Gasteiger partial charge in [0.05, 0.1) is 23.2 Å². The molecule has 1 saturated heterocycles. The molecule has 184 valence electrons. The Morgan fingerprint density at radius 3 is 2.53 bits per heavy atom. The van der Waals surface area contributed by atoms with Crippen molar-refractivity contribution < 1.29 is 29.1 Å². The van der Waals surface area contributed by atoms with Gasteiger partial charge in [0.1, 0.15) is 18.4 Å². The monoisotopic (exact) mass is 492 g/mol. The summed E-state index contributed by atoms with van der Waals surface area (Å²) in [5, 5.41) is 14.4. The number of carbonyl (C=O) groups excluding carboxylic acids is 4. The molecular formula is C23H29ClN4O6. The van der Waals surface area contributed by atoms with Crippen molar-refractivity contribution in [1.82, 2.24) is 15.5 Å². The number of nitrogens with one attached hydrogen (secondary N) is 2. The Kier molecular flexibility index (Phi) is 7.81. The molecule has 1 aliphatic carbocycles. The number of nitrogens with two attached hydrogens (primary N) is 1. The van der Waals surface area contributed by atoms with E-state index in [1.165, 1.54) is 23.1 Å². The lowest BCUT2D eigenvalue weighted by atomic mass is 9.95. The van der Waals surface area contributed by atoms with E-state index < -0.39 is 48.2 Å². The highest BCUT2D eigenvalue weighted by Gasteiger charge is 2.52. The smallest absolute Gasteiger partial charge is 0.305 e. The fourth-order valence-electron chi connectivity index (χ4n) is 4.80. The van der Waals surface area contributed by atoms with Crippen LogP contribution in [0.5, 0.6) is 0 Å². The zero-order valence-corrected chi connectivity index (χ0v) is 19.7. The summed E-state index contributed by atoms with van der Waals surface area (Å²) in [7, 11) is 0.